The molecule has 0 aliphatic carbocycles. The van der Waals surface area contributed by atoms with Crippen molar-refractivity contribution in [3.05, 3.63) is 0 Å². The van der Waals surface area contributed by atoms with Crippen molar-refractivity contribution in [1.29, 1.82) is 0 Å². The van der Waals surface area contributed by atoms with E-state index in [1.165, 1.54) is 0 Å². The van der Waals surface area contributed by atoms with Crippen LogP contribution in [0.4, 0.5) is 0 Å². The molecule has 0 aromatic heterocycles. The highest BCUT2D eigenvalue weighted by molar-refractivity contribution is 8.23. The molecule has 72 valence electrons. The van der Waals surface area contributed by atoms with Gasteiger partial charge in [-0.25, -0.2) is 0 Å². The first-order valence-corrected chi connectivity index (χ1v) is 8.47. The minimum Gasteiger partial charge on any atom is -0.327 e. The van der Waals surface area contributed by atoms with E-state index < -0.39 is 7.37 Å². The average Bonchev–Trinajstić information content (AvgIpc) is 2.07. The maximum atomic E-state index is 12.1. The van der Waals surface area contributed by atoms with Gasteiger partial charge in [0.2, 0.25) is 7.37 Å². The Morgan fingerprint density at radius 3 is 2.42 bits per heavy atom. The lowest BCUT2D eigenvalue weighted by Gasteiger charge is -2.28. The van der Waals surface area contributed by atoms with Crippen molar-refractivity contribution in [2.45, 2.75) is 17.2 Å². The fourth-order valence-electron chi connectivity index (χ4n) is 1.30. The van der Waals surface area contributed by atoms with E-state index in [1.54, 1.807) is 23.5 Å². The van der Waals surface area contributed by atoms with Crippen molar-refractivity contribution >= 4 is 30.9 Å². The summed E-state index contributed by atoms with van der Waals surface area (Å²) in [6, 6.07) is 0. The summed E-state index contributed by atoms with van der Waals surface area (Å²) in [7, 11) is -2.30. The van der Waals surface area contributed by atoms with E-state index in [4.69, 9.17) is 4.52 Å². The van der Waals surface area contributed by atoms with Crippen molar-refractivity contribution in [2.24, 2.45) is 0 Å². The van der Waals surface area contributed by atoms with Gasteiger partial charge in [-0.2, -0.15) is 0 Å². The Morgan fingerprint density at radius 1 is 1.33 bits per heavy atom. The third-order valence-electron chi connectivity index (χ3n) is 1.90. The van der Waals surface area contributed by atoms with E-state index in [0.717, 1.165) is 19.0 Å². The molecule has 1 rings (SSSR count). The van der Waals surface area contributed by atoms with Gasteiger partial charge in [-0.1, -0.05) is 0 Å². The Bertz CT molecular complexity index is 172. The summed E-state index contributed by atoms with van der Waals surface area (Å²) in [6.45, 7) is 0.689. The highest BCUT2D eigenvalue weighted by Crippen LogP contribution is 2.61. The molecule has 0 spiro atoms. The summed E-state index contributed by atoms with van der Waals surface area (Å²) in [5.41, 5.74) is 0. The normalized spacial score (nSPS) is 30.9. The van der Waals surface area contributed by atoms with Crippen LogP contribution < -0.4 is 0 Å². The van der Waals surface area contributed by atoms with Crippen molar-refractivity contribution in [3.63, 3.8) is 0 Å². The first kappa shape index (κ1) is 11.0. The van der Waals surface area contributed by atoms with Crippen LogP contribution in [0, 0.1) is 0 Å². The van der Waals surface area contributed by atoms with E-state index >= 15 is 0 Å². The average molecular weight is 226 g/mol. The van der Waals surface area contributed by atoms with E-state index in [9.17, 15) is 4.57 Å². The summed E-state index contributed by atoms with van der Waals surface area (Å²) in [5, 5.41) is 0. The molecule has 2 nitrogen and oxygen atoms in total. The summed E-state index contributed by atoms with van der Waals surface area (Å²) >= 11 is 3.30. The first-order valence-electron chi connectivity index (χ1n) is 4.02. The van der Waals surface area contributed by atoms with E-state index in [2.05, 4.69) is 0 Å². The highest BCUT2D eigenvalue weighted by atomic mass is 32.2. The molecule has 1 heterocycles. The van der Waals surface area contributed by atoms with Crippen LogP contribution in [-0.4, -0.2) is 29.6 Å². The predicted molar refractivity (Wildman–Crippen MR) is 58.5 cm³/mol. The molecule has 1 atom stereocenters. The lowest BCUT2D eigenvalue weighted by molar-refractivity contribution is 0.288. The monoisotopic (exact) mass is 226 g/mol. The van der Waals surface area contributed by atoms with E-state index in [0.29, 0.717) is 6.61 Å². The van der Waals surface area contributed by atoms with E-state index in [1.807, 2.05) is 12.5 Å². The molecule has 0 amide bonds. The van der Waals surface area contributed by atoms with Gasteiger partial charge in [-0.05, 0) is 25.4 Å². The summed E-state index contributed by atoms with van der Waals surface area (Å²) in [5.74, 6) is 0. The van der Waals surface area contributed by atoms with E-state index in [-0.39, 0.29) is 4.32 Å². The van der Waals surface area contributed by atoms with Gasteiger partial charge in [-0.15, -0.1) is 23.5 Å². The van der Waals surface area contributed by atoms with Gasteiger partial charge >= 0.3 is 0 Å². The molecular formula is C7H15O2PS2. The minimum absolute atomic E-state index is 0.151. The largest absolute Gasteiger partial charge is 0.327 e. The summed E-state index contributed by atoms with van der Waals surface area (Å²) in [4.78, 5) is 0. The molecule has 0 saturated carbocycles. The van der Waals surface area contributed by atoms with Gasteiger partial charge < -0.3 is 4.52 Å². The SMILES string of the molecule is CSC(SC)P1(=O)CCCCO1. The fraction of sp³-hybridized carbons (Fsp3) is 1.00. The van der Waals surface area contributed by atoms with Gasteiger partial charge in [0.15, 0.2) is 0 Å². The molecule has 1 aliphatic heterocycles. The third-order valence-corrected chi connectivity index (χ3v) is 9.25. The fourth-order valence-corrected chi connectivity index (χ4v) is 7.20. The predicted octanol–water partition coefficient (Wildman–Crippen LogP) is 3.08. The molecule has 5 heteroatoms. The van der Waals surface area contributed by atoms with Crippen molar-refractivity contribution < 1.29 is 9.09 Å². The molecule has 12 heavy (non-hydrogen) atoms. The Balaban J connectivity index is 2.60. The van der Waals surface area contributed by atoms with Crippen LogP contribution in [0.25, 0.3) is 0 Å². The second-order valence-electron chi connectivity index (χ2n) is 2.77. The summed E-state index contributed by atoms with van der Waals surface area (Å²) < 4.78 is 17.7. The molecule has 1 aliphatic rings. The van der Waals surface area contributed by atoms with Gasteiger partial charge in [0, 0.05) is 6.16 Å². The second kappa shape index (κ2) is 4.94. The van der Waals surface area contributed by atoms with Crippen LogP contribution in [0.2, 0.25) is 0 Å². The molecule has 1 fully saturated rings. The minimum atomic E-state index is -2.30. The van der Waals surface area contributed by atoms with Crippen LogP contribution in [0.5, 0.6) is 0 Å². The molecule has 0 radical (unpaired) electrons. The lowest BCUT2D eigenvalue weighted by Crippen LogP contribution is -2.12. The van der Waals surface area contributed by atoms with Crippen molar-refractivity contribution in [2.75, 3.05) is 25.3 Å². The zero-order valence-electron chi connectivity index (χ0n) is 7.49. The Labute approximate surface area is 82.7 Å². The van der Waals surface area contributed by atoms with Crippen molar-refractivity contribution in [3.8, 4) is 0 Å². The third kappa shape index (κ3) is 2.44. The number of rotatable bonds is 3. The van der Waals surface area contributed by atoms with Crippen LogP contribution >= 0.6 is 30.9 Å². The summed E-state index contributed by atoms with van der Waals surface area (Å²) in [6.07, 6.45) is 6.91. The number of thioether (sulfide) groups is 2. The molecule has 0 N–H and O–H groups in total. The molecular weight excluding hydrogens is 211 g/mol. The smallest absolute Gasteiger partial charge is 0.225 e. The second-order valence-corrected chi connectivity index (χ2v) is 8.33. The van der Waals surface area contributed by atoms with Crippen LogP contribution in [0.3, 0.4) is 0 Å². The first-order chi connectivity index (χ1) is 5.73. The molecule has 0 aromatic rings. The van der Waals surface area contributed by atoms with Gasteiger partial charge in [0.25, 0.3) is 0 Å². The highest BCUT2D eigenvalue weighted by Gasteiger charge is 2.34. The number of hydrogen-bond donors (Lipinski definition) is 0. The standard InChI is InChI=1S/C7H15O2PS2/c1-11-7(12-2)10(8)6-4-3-5-9-10/h7H,3-6H2,1-2H3. The molecule has 1 unspecified atom stereocenters. The molecule has 0 aromatic carbocycles. The maximum absolute atomic E-state index is 12.1. The Morgan fingerprint density at radius 2 is 2.00 bits per heavy atom. The topological polar surface area (TPSA) is 26.3 Å². The van der Waals surface area contributed by atoms with Gasteiger partial charge in [0.05, 0.1) is 6.61 Å². The molecule has 1 saturated heterocycles. The zero-order chi connectivity index (χ0) is 9.03. The van der Waals surface area contributed by atoms with Gasteiger partial charge in [0.1, 0.15) is 4.32 Å². The van der Waals surface area contributed by atoms with Crippen LogP contribution in [-0.2, 0) is 9.09 Å². The Hall–Kier alpha value is 0.890. The number of hydrogen-bond acceptors (Lipinski definition) is 4. The van der Waals surface area contributed by atoms with Gasteiger partial charge in [-0.3, -0.25) is 4.57 Å². The Kier molecular flexibility index (Phi) is 4.52. The van der Waals surface area contributed by atoms with Crippen LogP contribution in [0.15, 0.2) is 0 Å². The van der Waals surface area contributed by atoms with Crippen molar-refractivity contribution in [1.82, 2.24) is 0 Å². The quantitative estimate of drug-likeness (QED) is 0.545. The van der Waals surface area contributed by atoms with Crippen LogP contribution in [0.1, 0.15) is 12.8 Å². The lowest BCUT2D eigenvalue weighted by atomic mass is 10.4. The zero-order valence-corrected chi connectivity index (χ0v) is 10.0. The molecule has 0 bridgehead atoms. The maximum Gasteiger partial charge on any atom is 0.225 e.